The van der Waals surface area contributed by atoms with Gasteiger partial charge in [0.25, 0.3) is 0 Å². The zero-order chi connectivity index (χ0) is 16.2. The van der Waals surface area contributed by atoms with Crippen LogP contribution in [0.3, 0.4) is 0 Å². The van der Waals surface area contributed by atoms with Crippen LogP contribution in [0.4, 0.5) is 0 Å². The standard InChI is InChI=1S/C20H16N2O/c1-15(23)22-12-11-17(19-10-6-5-9-18(19)14-21)13-20(22)16-7-3-2-4-8-16/h2-11,13H,12H2,1H3. The number of nitriles is 1. The van der Waals surface area contributed by atoms with Gasteiger partial charge in [-0.25, -0.2) is 0 Å². The second-order valence-electron chi connectivity index (χ2n) is 5.34. The van der Waals surface area contributed by atoms with Crippen molar-refractivity contribution < 1.29 is 4.79 Å². The molecule has 1 aliphatic heterocycles. The summed E-state index contributed by atoms with van der Waals surface area (Å²) >= 11 is 0. The predicted molar refractivity (Wildman–Crippen MR) is 90.9 cm³/mol. The molecule has 0 N–H and O–H groups in total. The Bertz CT molecular complexity index is 841. The molecule has 1 amide bonds. The lowest BCUT2D eigenvalue weighted by Gasteiger charge is -2.27. The molecular weight excluding hydrogens is 284 g/mol. The molecule has 0 bridgehead atoms. The summed E-state index contributed by atoms with van der Waals surface area (Å²) in [6, 6.07) is 19.6. The maximum Gasteiger partial charge on any atom is 0.224 e. The van der Waals surface area contributed by atoms with Crippen LogP contribution in [-0.4, -0.2) is 17.4 Å². The first-order valence-electron chi connectivity index (χ1n) is 7.45. The van der Waals surface area contributed by atoms with Gasteiger partial charge in [0.05, 0.1) is 17.3 Å². The van der Waals surface area contributed by atoms with Crippen molar-refractivity contribution in [3.63, 3.8) is 0 Å². The van der Waals surface area contributed by atoms with E-state index in [1.54, 1.807) is 11.8 Å². The molecule has 0 unspecified atom stereocenters. The van der Waals surface area contributed by atoms with Gasteiger partial charge in [0.15, 0.2) is 0 Å². The van der Waals surface area contributed by atoms with Crippen molar-refractivity contribution in [2.24, 2.45) is 0 Å². The lowest BCUT2D eigenvalue weighted by atomic mass is 9.95. The van der Waals surface area contributed by atoms with Crippen molar-refractivity contribution in [1.82, 2.24) is 4.90 Å². The summed E-state index contributed by atoms with van der Waals surface area (Å²) in [5.41, 5.74) is 4.36. The van der Waals surface area contributed by atoms with E-state index < -0.39 is 0 Å². The zero-order valence-corrected chi connectivity index (χ0v) is 12.9. The Balaban J connectivity index is 2.10. The largest absolute Gasteiger partial charge is 0.308 e. The van der Waals surface area contributed by atoms with E-state index in [1.807, 2.05) is 66.7 Å². The van der Waals surface area contributed by atoms with Crippen LogP contribution in [0.5, 0.6) is 0 Å². The van der Waals surface area contributed by atoms with Gasteiger partial charge in [0.1, 0.15) is 0 Å². The third kappa shape index (κ3) is 2.93. The molecule has 0 saturated carbocycles. The van der Waals surface area contributed by atoms with Gasteiger partial charge in [-0.3, -0.25) is 4.79 Å². The summed E-state index contributed by atoms with van der Waals surface area (Å²) in [7, 11) is 0. The molecule has 0 aliphatic carbocycles. The lowest BCUT2D eigenvalue weighted by molar-refractivity contribution is -0.125. The second-order valence-corrected chi connectivity index (χ2v) is 5.34. The highest BCUT2D eigenvalue weighted by Gasteiger charge is 2.20. The molecule has 1 heterocycles. The Morgan fingerprint density at radius 2 is 1.78 bits per heavy atom. The van der Waals surface area contributed by atoms with Crippen LogP contribution < -0.4 is 0 Å². The van der Waals surface area contributed by atoms with Crippen molar-refractivity contribution in [3.05, 3.63) is 83.4 Å². The summed E-state index contributed by atoms with van der Waals surface area (Å²) in [4.78, 5) is 13.7. The third-order valence-electron chi connectivity index (χ3n) is 3.88. The summed E-state index contributed by atoms with van der Waals surface area (Å²) in [6.45, 7) is 2.07. The highest BCUT2D eigenvalue weighted by Crippen LogP contribution is 2.30. The Labute approximate surface area is 135 Å². The predicted octanol–water partition coefficient (Wildman–Crippen LogP) is 3.84. The quantitative estimate of drug-likeness (QED) is 0.845. The molecule has 1 aliphatic rings. The van der Waals surface area contributed by atoms with Crippen LogP contribution >= 0.6 is 0 Å². The summed E-state index contributed by atoms with van der Waals surface area (Å²) < 4.78 is 0. The van der Waals surface area contributed by atoms with Crippen LogP contribution in [0.25, 0.3) is 11.3 Å². The number of carbonyl (C=O) groups excluding carboxylic acids is 1. The molecule has 0 atom stereocenters. The summed E-state index contributed by atoms with van der Waals surface area (Å²) in [5, 5.41) is 9.31. The van der Waals surface area contributed by atoms with Gasteiger partial charge in [-0.05, 0) is 28.8 Å². The Hall–Kier alpha value is -3.12. The monoisotopic (exact) mass is 300 g/mol. The van der Waals surface area contributed by atoms with E-state index in [9.17, 15) is 10.1 Å². The van der Waals surface area contributed by atoms with Crippen LogP contribution in [-0.2, 0) is 4.79 Å². The maximum absolute atomic E-state index is 12.0. The number of hydrogen-bond donors (Lipinski definition) is 0. The normalized spacial score (nSPS) is 13.8. The number of nitrogens with zero attached hydrogens (tertiary/aromatic N) is 2. The first-order chi connectivity index (χ1) is 11.2. The number of benzene rings is 2. The van der Waals surface area contributed by atoms with E-state index in [2.05, 4.69) is 6.07 Å². The fourth-order valence-corrected chi connectivity index (χ4v) is 2.74. The number of hydrogen-bond acceptors (Lipinski definition) is 2. The van der Waals surface area contributed by atoms with E-state index in [0.717, 1.165) is 22.4 Å². The van der Waals surface area contributed by atoms with Gasteiger partial charge < -0.3 is 4.90 Å². The fourth-order valence-electron chi connectivity index (χ4n) is 2.74. The molecule has 0 fully saturated rings. The van der Waals surface area contributed by atoms with Gasteiger partial charge in [-0.1, -0.05) is 54.6 Å². The highest BCUT2D eigenvalue weighted by molar-refractivity contribution is 5.93. The topological polar surface area (TPSA) is 44.1 Å². The van der Waals surface area contributed by atoms with E-state index in [4.69, 9.17) is 0 Å². The van der Waals surface area contributed by atoms with Crippen LogP contribution in [0.1, 0.15) is 23.6 Å². The molecular formula is C20H16N2O. The molecule has 2 aromatic rings. The van der Waals surface area contributed by atoms with Crippen molar-refractivity contribution >= 4 is 17.2 Å². The molecule has 3 heteroatoms. The van der Waals surface area contributed by atoms with E-state index in [1.165, 1.54) is 0 Å². The molecule has 112 valence electrons. The fraction of sp³-hybridized carbons (Fsp3) is 0.100. The third-order valence-corrected chi connectivity index (χ3v) is 3.88. The van der Waals surface area contributed by atoms with Gasteiger partial charge in [-0.2, -0.15) is 5.26 Å². The van der Waals surface area contributed by atoms with Crippen LogP contribution in [0.15, 0.2) is 66.7 Å². The molecule has 23 heavy (non-hydrogen) atoms. The van der Waals surface area contributed by atoms with E-state index in [0.29, 0.717) is 12.1 Å². The Morgan fingerprint density at radius 3 is 2.48 bits per heavy atom. The van der Waals surface area contributed by atoms with Gasteiger partial charge >= 0.3 is 0 Å². The van der Waals surface area contributed by atoms with Crippen LogP contribution in [0.2, 0.25) is 0 Å². The van der Waals surface area contributed by atoms with Crippen molar-refractivity contribution in [2.45, 2.75) is 6.92 Å². The van der Waals surface area contributed by atoms with Crippen LogP contribution in [0, 0.1) is 11.3 Å². The Kier molecular flexibility index (Phi) is 4.07. The average Bonchev–Trinajstić information content (AvgIpc) is 2.61. The minimum atomic E-state index is 0.00368. The smallest absolute Gasteiger partial charge is 0.224 e. The zero-order valence-electron chi connectivity index (χ0n) is 12.9. The van der Waals surface area contributed by atoms with Gasteiger partial charge in [-0.15, -0.1) is 0 Å². The van der Waals surface area contributed by atoms with E-state index in [-0.39, 0.29) is 5.91 Å². The number of rotatable bonds is 2. The molecule has 0 radical (unpaired) electrons. The number of allylic oxidation sites excluding steroid dienone is 2. The second kappa shape index (κ2) is 6.33. The van der Waals surface area contributed by atoms with Crippen molar-refractivity contribution in [2.75, 3.05) is 6.54 Å². The first-order valence-corrected chi connectivity index (χ1v) is 7.45. The average molecular weight is 300 g/mol. The van der Waals surface area contributed by atoms with Crippen molar-refractivity contribution in [3.8, 4) is 6.07 Å². The maximum atomic E-state index is 12.0. The SMILES string of the molecule is CC(=O)N1CC=C(c2ccccc2C#N)C=C1c1ccccc1. The number of carbonyl (C=O) groups is 1. The van der Waals surface area contributed by atoms with Crippen molar-refractivity contribution in [1.29, 1.82) is 5.26 Å². The molecule has 0 saturated heterocycles. The Morgan fingerprint density at radius 1 is 1.09 bits per heavy atom. The molecule has 0 spiro atoms. The highest BCUT2D eigenvalue weighted by atomic mass is 16.2. The summed E-state index contributed by atoms with van der Waals surface area (Å²) in [5.74, 6) is 0.00368. The minimum absolute atomic E-state index is 0.00368. The minimum Gasteiger partial charge on any atom is -0.308 e. The lowest BCUT2D eigenvalue weighted by Crippen LogP contribution is -2.29. The van der Waals surface area contributed by atoms with Gasteiger partial charge in [0.2, 0.25) is 5.91 Å². The molecule has 0 aromatic heterocycles. The van der Waals surface area contributed by atoms with Gasteiger partial charge in [0, 0.05) is 13.5 Å². The first kappa shape index (κ1) is 14.8. The molecule has 2 aromatic carbocycles. The summed E-state index contributed by atoms with van der Waals surface area (Å²) in [6.07, 6.45) is 3.97. The molecule has 3 nitrogen and oxygen atoms in total. The number of amides is 1. The molecule has 3 rings (SSSR count). The van der Waals surface area contributed by atoms with E-state index >= 15 is 0 Å².